The molecule has 0 atom stereocenters. The standard InChI is InChI=1S/C13H16N2O2/c1-4-17-13(16)7-5-6-11-9(2)8-12(14)15-10(11)3/h8H,4,7H2,1-3H3,(H2,14,15). The first kappa shape index (κ1) is 13.0. The average Bonchev–Trinajstić information content (AvgIpc) is 2.22. The van der Waals surface area contributed by atoms with Gasteiger partial charge in [0, 0.05) is 5.56 Å². The highest BCUT2D eigenvalue weighted by atomic mass is 16.5. The number of esters is 1. The van der Waals surface area contributed by atoms with Crippen LogP contribution in [-0.4, -0.2) is 17.6 Å². The summed E-state index contributed by atoms with van der Waals surface area (Å²) in [6.45, 7) is 5.91. The van der Waals surface area contributed by atoms with Crippen molar-refractivity contribution in [2.24, 2.45) is 0 Å². The molecule has 4 nitrogen and oxygen atoms in total. The fraction of sp³-hybridized carbons (Fsp3) is 0.385. The lowest BCUT2D eigenvalue weighted by atomic mass is 10.1. The Labute approximate surface area is 101 Å². The third kappa shape index (κ3) is 3.80. The highest BCUT2D eigenvalue weighted by Gasteiger charge is 2.02. The second kappa shape index (κ2) is 5.90. The molecule has 4 heteroatoms. The molecular weight excluding hydrogens is 216 g/mol. The molecule has 1 aromatic heterocycles. The lowest BCUT2D eigenvalue weighted by Gasteiger charge is -2.03. The third-order valence-electron chi connectivity index (χ3n) is 2.17. The predicted octanol–water partition coefficient (Wildman–Crippen LogP) is 1.59. The zero-order chi connectivity index (χ0) is 12.8. The summed E-state index contributed by atoms with van der Waals surface area (Å²) in [5.41, 5.74) is 8.17. The summed E-state index contributed by atoms with van der Waals surface area (Å²) in [5, 5.41) is 0. The first-order chi connectivity index (χ1) is 8.04. The molecule has 0 unspecified atom stereocenters. The van der Waals surface area contributed by atoms with Gasteiger partial charge in [-0.05, 0) is 32.4 Å². The van der Waals surface area contributed by atoms with E-state index >= 15 is 0 Å². The number of aromatic nitrogens is 1. The topological polar surface area (TPSA) is 65.2 Å². The van der Waals surface area contributed by atoms with Gasteiger partial charge in [-0.3, -0.25) is 4.79 Å². The molecule has 0 aliphatic heterocycles. The Balaban J connectivity index is 2.82. The summed E-state index contributed by atoms with van der Waals surface area (Å²) in [6.07, 6.45) is 0.0943. The smallest absolute Gasteiger partial charge is 0.317 e. The van der Waals surface area contributed by atoms with Crippen molar-refractivity contribution in [3.63, 3.8) is 0 Å². The van der Waals surface area contributed by atoms with E-state index in [1.165, 1.54) is 0 Å². The van der Waals surface area contributed by atoms with Crippen molar-refractivity contribution in [2.45, 2.75) is 27.2 Å². The number of pyridine rings is 1. The zero-order valence-electron chi connectivity index (χ0n) is 10.3. The van der Waals surface area contributed by atoms with Crippen LogP contribution < -0.4 is 5.73 Å². The van der Waals surface area contributed by atoms with E-state index in [9.17, 15) is 4.79 Å². The number of carbonyl (C=O) groups excluding carboxylic acids is 1. The average molecular weight is 232 g/mol. The van der Waals surface area contributed by atoms with Crippen LogP contribution in [0.25, 0.3) is 0 Å². The van der Waals surface area contributed by atoms with Gasteiger partial charge >= 0.3 is 5.97 Å². The molecule has 1 rings (SSSR count). The molecule has 2 N–H and O–H groups in total. The Morgan fingerprint density at radius 3 is 2.82 bits per heavy atom. The Morgan fingerprint density at radius 1 is 1.53 bits per heavy atom. The van der Waals surface area contributed by atoms with E-state index in [0.29, 0.717) is 12.4 Å². The summed E-state index contributed by atoms with van der Waals surface area (Å²) in [6, 6.07) is 1.77. The molecule has 1 aromatic rings. The first-order valence-electron chi connectivity index (χ1n) is 5.42. The molecule has 0 aromatic carbocycles. The zero-order valence-corrected chi connectivity index (χ0v) is 10.3. The van der Waals surface area contributed by atoms with Crippen molar-refractivity contribution in [2.75, 3.05) is 12.3 Å². The van der Waals surface area contributed by atoms with Crippen LogP contribution in [0.4, 0.5) is 5.82 Å². The van der Waals surface area contributed by atoms with Gasteiger partial charge in [0.05, 0.1) is 12.3 Å². The van der Waals surface area contributed by atoms with Crippen molar-refractivity contribution in [3.05, 3.63) is 22.9 Å². The molecule has 0 radical (unpaired) electrons. The summed E-state index contributed by atoms with van der Waals surface area (Å²) in [7, 11) is 0. The van der Waals surface area contributed by atoms with Gasteiger partial charge in [0.1, 0.15) is 12.2 Å². The molecule has 0 aliphatic carbocycles. The number of aryl methyl sites for hydroxylation is 2. The minimum Gasteiger partial charge on any atom is -0.465 e. The first-order valence-corrected chi connectivity index (χ1v) is 5.42. The van der Waals surface area contributed by atoms with Crippen molar-refractivity contribution in [1.82, 2.24) is 4.98 Å². The minimum atomic E-state index is -0.307. The van der Waals surface area contributed by atoms with E-state index in [1.54, 1.807) is 13.0 Å². The maximum atomic E-state index is 11.1. The summed E-state index contributed by atoms with van der Waals surface area (Å²) >= 11 is 0. The molecule has 17 heavy (non-hydrogen) atoms. The van der Waals surface area contributed by atoms with Crippen LogP contribution in [-0.2, 0) is 9.53 Å². The number of ether oxygens (including phenoxy) is 1. The van der Waals surface area contributed by atoms with Gasteiger partial charge in [0.2, 0.25) is 0 Å². The quantitative estimate of drug-likeness (QED) is 0.621. The fourth-order valence-electron chi connectivity index (χ4n) is 1.47. The Morgan fingerprint density at radius 2 is 2.24 bits per heavy atom. The summed E-state index contributed by atoms with van der Waals surface area (Å²) in [4.78, 5) is 15.2. The molecule has 90 valence electrons. The van der Waals surface area contributed by atoms with Crippen LogP contribution in [0.3, 0.4) is 0 Å². The number of nitrogen functional groups attached to an aromatic ring is 1. The normalized spacial score (nSPS) is 9.35. The van der Waals surface area contributed by atoms with E-state index in [1.807, 2.05) is 13.8 Å². The van der Waals surface area contributed by atoms with Gasteiger partial charge in [-0.2, -0.15) is 0 Å². The molecule has 0 amide bonds. The number of hydrogen-bond acceptors (Lipinski definition) is 4. The van der Waals surface area contributed by atoms with Crippen LogP contribution in [0.15, 0.2) is 6.07 Å². The highest BCUT2D eigenvalue weighted by Crippen LogP contribution is 2.13. The minimum absolute atomic E-state index is 0.0943. The largest absolute Gasteiger partial charge is 0.465 e. The summed E-state index contributed by atoms with van der Waals surface area (Å²) in [5.74, 6) is 5.89. The summed E-state index contributed by atoms with van der Waals surface area (Å²) < 4.78 is 4.78. The van der Waals surface area contributed by atoms with Gasteiger partial charge in [0.15, 0.2) is 0 Å². The van der Waals surface area contributed by atoms with Crippen molar-refractivity contribution < 1.29 is 9.53 Å². The Hall–Kier alpha value is -2.02. The number of nitrogens with zero attached hydrogens (tertiary/aromatic N) is 1. The van der Waals surface area contributed by atoms with Crippen LogP contribution in [0.5, 0.6) is 0 Å². The second-order valence-corrected chi connectivity index (χ2v) is 3.61. The van der Waals surface area contributed by atoms with E-state index in [0.717, 1.165) is 16.8 Å². The maximum absolute atomic E-state index is 11.1. The SMILES string of the molecule is CCOC(=O)CC#Cc1c(C)cc(N)nc1C. The number of nitrogens with two attached hydrogens (primary N) is 1. The van der Waals surface area contributed by atoms with Crippen LogP contribution in [0.1, 0.15) is 30.2 Å². The predicted molar refractivity (Wildman–Crippen MR) is 66.3 cm³/mol. The Kier molecular flexibility index (Phi) is 4.53. The van der Waals surface area contributed by atoms with Gasteiger partial charge in [-0.1, -0.05) is 11.8 Å². The highest BCUT2D eigenvalue weighted by molar-refractivity contribution is 5.72. The van der Waals surface area contributed by atoms with E-state index in [4.69, 9.17) is 10.5 Å². The van der Waals surface area contributed by atoms with Crippen molar-refractivity contribution in [1.29, 1.82) is 0 Å². The van der Waals surface area contributed by atoms with E-state index in [-0.39, 0.29) is 12.4 Å². The second-order valence-electron chi connectivity index (χ2n) is 3.61. The molecule has 0 fully saturated rings. The van der Waals surface area contributed by atoms with Gasteiger partial charge in [-0.15, -0.1) is 0 Å². The maximum Gasteiger partial charge on any atom is 0.317 e. The van der Waals surface area contributed by atoms with E-state index < -0.39 is 0 Å². The van der Waals surface area contributed by atoms with Gasteiger partial charge < -0.3 is 10.5 Å². The molecule has 1 heterocycles. The Bertz CT molecular complexity index is 461. The van der Waals surface area contributed by atoms with Crippen LogP contribution in [0, 0.1) is 25.7 Å². The molecule has 0 aliphatic rings. The van der Waals surface area contributed by atoms with Crippen LogP contribution >= 0.6 is 0 Å². The van der Waals surface area contributed by atoms with Crippen molar-refractivity contribution in [3.8, 4) is 11.8 Å². The molecule has 0 spiro atoms. The number of hydrogen-bond donors (Lipinski definition) is 1. The van der Waals surface area contributed by atoms with Crippen molar-refractivity contribution >= 4 is 11.8 Å². The molecular formula is C13H16N2O2. The number of carbonyl (C=O) groups is 1. The lowest BCUT2D eigenvalue weighted by molar-refractivity contribution is -0.141. The van der Waals surface area contributed by atoms with E-state index in [2.05, 4.69) is 16.8 Å². The van der Waals surface area contributed by atoms with Crippen LogP contribution in [0.2, 0.25) is 0 Å². The van der Waals surface area contributed by atoms with Gasteiger partial charge in [-0.25, -0.2) is 4.98 Å². The molecule has 0 saturated heterocycles. The fourth-order valence-corrected chi connectivity index (χ4v) is 1.47. The third-order valence-corrected chi connectivity index (χ3v) is 2.17. The number of rotatable bonds is 2. The molecule has 0 bridgehead atoms. The molecule has 0 saturated carbocycles. The number of anilines is 1. The van der Waals surface area contributed by atoms with Gasteiger partial charge in [0.25, 0.3) is 0 Å². The monoisotopic (exact) mass is 232 g/mol. The lowest BCUT2D eigenvalue weighted by Crippen LogP contribution is -2.02.